The third kappa shape index (κ3) is 4.62. The van der Waals surface area contributed by atoms with Gasteiger partial charge in [0.15, 0.2) is 0 Å². The van der Waals surface area contributed by atoms with Crippen molar-refractivity contribution in [2.75, 3.05) is 31.5 Å². The van der Waals surface area contributed by atoms with Crippen molar-refractivity contribution in [1.82, 2.24) is 14.9 Å². The van der Waals surface area contributed by atoms with Gasteiger partial charge in [0.1, 0.15) is 16.8 Å². The van der Waals surface area contributed by atoms with Crippen molar-refractivity contribution >= 4 is 17.4 Å². The highest BCUT2D eigenvalue weighted by Crippen LogP contribution is 2.22. The summed E-state index contributed by atoms with van der Waals surface area (Å²) in [7, 11) is 0. The van der Waals surface area contributed by atoms with Gasteiger partial charge in [0.25, 0.3) is 0 Å². The molecule has 0 aliphatic heterocycles. The van der Waals surface area contributed by atoms with Gasteiger partial charge in [0.05, 0.1) is 0 Å². The van der Waals surface area contributed by atoms with E-state index in [9.17, 15) is 0 Å². The maximum absolute atomic E-state index is 6.16. The van der Waals surface area contributed by atoms with Gasteiger partial charge >= 0.3 is 0 Å². The molecule has 0 amide bonds. The molecular weight excluding hydrogens is 260 g/mol. The van der Waals surface area contributed by atoms with E-state index in [4.69, 9.17) is 11.6 Å². The third-order valence-electron chi connectivity index (χ3n) is 3.24. The average Bonchev–Trinajstić information content (AvgIpc) is 2.39. The Kier molecular flexibility index (Phi) is 6.52. The van der Waals surface area contributed by atoms with Gasteiger partial charge in [-0.15, -0.1) is 0 Å². The summed E-state index contributed by atoms with van der Waals surface area (Å²) in [5, 5.41) is 3.92. The van der Waals surface area contributed by atoms with Gasteiger partial charge in [0, 0.05) is 24.6 Å². The predicted molar refractivity (Wildman–Crippen MR) is 82.1 cm³/mol. The molecule has 0 aliphatic carbocycles. The van der Waals surface area contributed by atoms with Gasteiger partial charge in [0.2, 0.25) is 0 Å². The summed E-state index contributed by atoms with van der Waals surface area (Å²) < 4.78 is 0. The first-order valence-corrected chi connectivity index (χ1v) is 7.37. The minimum Gasteiger partial charge on any atom is -0.368 e. The van der Waals surface area contributed by atoms with E-state index in [1.807, 2.05) is 6.92 Å². The van der Waals surface area contributed by atoms with Crippen molar-refractivity contribution in [3.8, 4) is 0 Å². The molecule has 0 saturated carbocycles. The number of halogens is 1. The zero-order valence-electron chi connectivity index (χ0n) is 12.6. The van der Waals surface area contributed by atoms with E-state index < -0.39 is 0 Å². The van der Waals surface area contributed by atoms with E-state index >= 15 is 0 Å². The van der Waals surface area contributed by atoms with Gasteiger partial charge in [-0.2, -0.15) is 0 Å². The Balaban J connectivity index is 2.72. The van der Waals surface area contributed by atoms with Crippen molar-refractivity contribution in [2.24, 2.45) is 0 Å². The largest absolute Gasteiger partial charge is 0.368 e. The highest BCUT2D eigenvalue weighted by molar-refractivity contribution is 6.30. The molecule has 0 fully saturated rings. The lowest BCUT2D eigenvalue weighted by Gasteiger charge is -2.19. The molecule has 1 heterocycles. The molecule has 1 N–H and O–H groups in total. The monoisotopic (exact) mass is 284 g/mol. The SMILES string of the molecule is CCN(CC)CCNc1nc(C(C)C)nc(Cl)c1C. The van der Waals surface area contributed by atoms with Gasteiger partial charge in [-0.1, -0.05) is 39.3 Å². The molecule has 1 aromatic heterocycles. The molecule has 1 rings (SSSR count). The molecule has 0 spiro atoms. The smallest absolute Gasteiger partial charge is 0.137 e. The number of likely N-dealkylation sites (N-methyl/N-ethyl adjacent to an activating group) is 1. The van der Waals surface area contributed by atoms with Crippen molar-refractivity contribution < 1.29 is 0 Å². The second-order valence-corrected chi connectivity index (χ2v) is 5.31. The van der Waals surface area contributed by atoms with Crippen LogP contribution in [-0.2, 0) is 0 Å². The van der Waals surface area contributed by atoms with Gasteiger partial charge in [-0.25, -0.2) is 9.97 Å². The summed E-state index contributed by atoms with van der Waals surface area (Å²) in [6, 6.07) is 0. The normalized spacial score (nSPS) is 11.4. The van der Waals surface area contributed by atoms with Crippen LogP contribution in [0, 0.1) is 6.92 Å². The minimum atomic E-state index is 0.279. The van der Waals surface area contributed by atoms with Crippen LogP contribution in [0.15, 0.2) is 0 Å². The van der Waals surface area contributed by atoms with Crippen LogP contribution in [0.1, 0.15) is 45.0 Å². The Bertz CT molecular complexity index is 403. The first kappa shape index (κ1) is 16.2. The van der Waals surface area contributed by atoms with Crippen molar-refractivity contribution in [3.63, 3.8) is 0 Å². The highest BCUT2D eigenvalue weighted by Gasteiger charge is 2.11. The van der Waals surface area contributed by atoms with E-state index in [2.05, 4.69) is 47.9 Å². The predicted octanol–water partition coefficient (Wildman–Crippen LogP) is 3.32. The van der Waals surface area contributed by atoms with E-state index in [0.717, 1.165) is 43.4 Å². The number of hydrogen-bond acceptors (Lipinski definition) is 4. The lowest BCUT2D eigenvalue weighted by molar-refractivity contribution is 0.316. The number of nitrogens with zero attached hydrogens (tertiary/aromatic N) is 3. The first-order valence-electron chi connectivity index (χ1n) is 6.99. The summed E-state index contributed by atoms with van der Waals surface area (Å²) in [6.45, 7) is 14.4. The fraction of sp³-hybridized carbons (Fsp3) is 0.714. The number of nitrogens with one attached hydrogen (secondary N) is 1. The van der Waals surface area contributed by atoms with Crippen LogP contribution in [0.5, 0.6) is 0 Å². The molecule has 0 atom stereocenters. The maximum atomic E-state index is 6.16. The summed E-state index contributed by atoms with van der Waals surface area (Å²) in [4.78, 5) is 11.2. The summed E-state index contributed by atoms with van der Waals surface area (Å²) >= 11 is 6.16. The quantitative estimate of drug-likeness (QED) is 0.780. The molecule has 4 nitrogen and oxygen atoms in total. The van der Waals surface area contributed by atoms with Gasteiger partial charge in [-0.05, 0) is 20.0 Å². The second-order valence-electron chi connectivity index (χ2n) is 4.95. The Morgan fingerprint density at radius 2 is 1.84 bits per heavy atom. The van der Waals surface area contributed by atoms with E-state index in [-0.39, 0.29) is 5.92 Å². The molecule has 0 aliphatic rings. The van der Waals surface area contributed by atoms with E-state index in [1.54, 1.807) is 0 Å². The fourth-order valence-electron chi connectivity index (χ4n) is 1.81. The van der Waals surface area contributed by atoms with E-state index in [0.29, 0.717) is 5.15 Å². The van der Waals surface area contributed by atoms with Gasteiger partial charge < -0.3 is 10.2 Å². The fourth-order valence-corrected chi connectivity index (χ4v) is 1.98. The molecule has 0 bridgehead atoms. The maximum Gasteiger partial charge on any atom is 0.137 e. The van der Waals surface area contributed by atoms with E-state index in [1.165, 1.54) is 0 Å². The van der Waals surface area contributed by atoms with Crippen LogP contribution in [-0.4, -0.2) is 41.0 Å². The standard InChI is InChI=1S/C14H25ClN4/c1-6-19(7-2)9-8-16-14-11(5)12(15)17-13(18-14)10(3)4/h10H,6-9H2,1-5H3,(H,16,17,18). The first-order chi connectivity index (χ1) is 8.99. The van der Waals surface area contributed by atoms with Crippen LogP contribution < -0.4 is 5.32 Å². The topological polar surface area (TPSA) is 41.0 Å². The highest BCUT2D eigenvalue weighted by atomic mass is 35.5. The third-order valence-corrected chi connectivity index (χ3v) is 3.60. The summed E-state index contributed by atoms with van der Waals surface area (Å²) in [5.41, 5.74) is 0.922. The van der Waals surface area contributed by atoms with Crippen LogP contribution in [0.3, 0.4) is 0 Å². The van der Waals surface area contributed by atoms with Crippen molar-refractivity contribution in [2.45, 2.75) is 40.5 Å². The lowest BCUT2D eigenvalue weighted by atomic mass is 10.2. The molecule has 0 aromatic carbocycles. The second kappa shape index (κ2) is 7.65. The molecule has 0 radical (unpaired) electrons. The zero-order chi connectivity index (χ0) is 14.4. The average molecular weight is 285 g/mol. The van der Waals surface area contributed by atoms with Crippen LogP contribution in [0.4, 0.5) is 5.82 Å². The Morgan fingerprint density at radius 1 is 1.21 bits per heavy atom. The van der Waals surface area contributed by atoms with Crippen molar-refractivity contribution in [3.05, 3.63) is 16.5 Å². The van der Waals surface area contributed by atoms with Gasteiger partial charge in [-0.3, -0.25) is 0 Å². The molecule has 1 aromatic rings. The Labute approximate surface area is 121 Å². The summed E-state index contributed by atoms with van der Waals surface area (Å²) in [5.74, 6) is 1.93. The molecule has 5 heteroatoms. The summed E-state index contributed by atoms with van der Waals surface area (Å²) in [6.07, 6.45) is 0. The van der Waals surface area contributed by atoms with Crippen molar-refractivity contribution in [1.29, 1.82) is 0 Å². The lowest BCUT2D eigenvalue weighted by Crippen LogP contribution is -2.29. The zero-order valence-corrected chi connectivity index (χ0v) is 13.4. The molecule has 0 unspecified atom stereocenters. The van der Waals surface area contributed by atoms with Crippen LogP contribution >= 0.6 is 11.6 Å². The molecule has 0 saturated heterocycles. The number of hydrogen-bond donors (Lipinski definition) is 1. The minimum absolute atomic E-state index is 0.279. The molecule has 19 heavy (non-hydrogen) atoms. The Morgan fingerprint density at radius 3 is 2.37 bits per heavy atom. The molecular formula is C14H25ClN4. The van der Waals surface area contributed by atoms with Crippen LogP contribution in [0.25, 0.3) is 0 Å². The number of rotatable bonds is 7. The Hall–Kier alpha value is -0.870. The molecule has 108 valence electrons. The number of aromatic nitrogens is 2. The number of anilines is 1. The van der Waals surface area contributed by atoms with Crippen LogP contribution in [0.2, 0.25) is 5.15 Å².